The largest absolute Gasteiger partial charge is 0.497 e. The van der Waals surface area contributed by atoms with Crippen molar-refractivity contribution in [1.29, 1.82) is 0 Å². The molecule has 2 aromatic carbocycles. The molecule has 0 unspecified atom stereocenters. The summed E-state index contributed by atoms with van der Waals surface area (Å²) in [5, 5.41) is 3.17. The lowest BCUT2D eigenvalue weighted by molar-refractivity contribution is -0.126. The zero-order chi connectivity index (χ0) is 22.5. The number of aryl methyl sites for hydroxylation is 1. The highest BCUT2D eigenvalue weighted by molar-refractivity contribution is 5.79. The Morgan fingerprint density at radius 3 is 2.66 bits per heavy atom. The van der Waals surface area contributed by atoms with E-state index in [9.17, 15) is 4.79 Å². The molecule has 1 amide bonds. The highest BCUT2D eigenvalue weighted by Gasteiger charge is 2.27. The summed E-state index contributed by atoms with van der Waals surface area (Å²) in [7, 11) is 1.65. The van der Waals surface area contributed by atoms with E-state index < -0.39 is 0 Å². The van der Waals surface area contributed by atoms with Crippen LogP contribution >= 0.6 is 0 Å². The molecule has 1 fully saturated rings. The molecule has 0 saturated carbocycles. The average Bonchev–Trinajstić information content (AvgIpc) is 2.84. The van der Waals surface area contributed by atoms with Gasteiger partial charge in [-0.1, -0.05) is 35.9 Å². The summed E-state index contributed by atoms with van der Waals surface area (Å²) in [6, 6.07) is 17.9. The smallest absolute Gasteiger partial charge is 0.223 e. The number of benzene rings is 2. The monoisotopic (exact) mass is 430 g/mol. The minimum Gasteiger partial charge on any atom is -0.497 e. The van der Waals surface area contributed by atoms with Crippen LogP contribution in [0.2, 0.25) is 0 Å². The van der Waals surface area contributed by atoms with Gasteiger partial charge in [-0.2, -0.15) is 0 Å². The van der Waals surface area contributed by atoms with Crippen molar-refractivity contribution in [2.75, 3.05) is 25.1 Å². The molecule has 4 rings (SSSR count). The maximum absolute atomic E-state index is 12.9. The number of hydrogen-bond donors (Lipinski definition) is 1. The van der Waals surface area contributed by atoms with Crippen molar-refractivity contribution >= 4 is 11.7 Å². The van der Waals surface area contributed by atoms with Gasteiger partial charge in [0.1, 0.15) is 11.6 Å². The quantitative estimate of drug-likeness (QED) is 0.621. The van der Waals surface area contributed by atoms with E-state index in [0.717, 1.165) is 54.4 Å². The first-order valence-electron chi connectivity index (χ1n) is 11.1. The standard InChI is InChI=1S/C26H30N4O2/c1-18-6-4-8-22(16-18)25-27-13-10-24(29-25)30-14-11-20(12-15-30)26(31)28-19(2)21-7-5-9-23(17-21)32-3/h4-10,13,16-17,19-20H,11-12,14-15H2,1-3H3,(H,28,31)/t19-/m0/s1. The van der Waals surface area contributed by atoms with E-state index in [-0.39, 0.29) is 17.9 Å². The van der Waals surface area contributed by atoms with Gasteiger partial charge in [0.15, 0.2) is 5.82 Å². The van der Waals surface area contributed by atoms with Crippen LogP contribution in [-0.2, 0) is 4.79 Å². The molecule has 0 bridgehead atoms. The molecule has 1 aliphatic rings. The molecule has 0 spiro atoms. The zero-order valence-corrected chi connectivity index (χ0v) is 18.9. The number of nitrogens with zero attached hydrogens (tertiary/aromatic N) is 3. The molecular weight excluding hydrogens is 400 g/mol. The molecule has 6 heteroatoms. The predicted octanol–water partition coefficient (Wildman–Crippen LogP) is 4.55. The number of nitrogens with one attached hydrogen (secondary N) is 1. The van der Waals surface area contributed by atoms with E-state index >= 15 is 0 Å². The molecule has 1 aromatic heterocycles. The summed E-state index contributed by atoms with van der Waals surface area (Å²) in [6.45, 7) is 5.68. The summed E-state index contributed by atoms with van der Waals surface area (Å²) >= 11 is 0. The lowest BCUT2D eigenvalue weighted by atomic mass is 9.95. The average molecular weight is 431 g/mol. The number of aromatic nitrogens is 2. The lowest BCUT2D eigenvalue weighted by Gasteiger charge is -2.32. The van der Waals surface area contributed by atoms with E-state index in [1.807, 2.05) is 55.6 Å². The summed E-state index contributed by atoms with van der Waals surface area (Å²) in [5.74, 6) is 2.57. The van der Waals surface area contributed by atoms with Crippen LogP contribution in [0.1, 0.15) is 36.9 Å². The molecule has 166 valence electrons. The first-order valence-corrected chi connectivity index (χ1v) is 11.1. The van der Waals surface area contributed by atoms with E-state index in [4.69, 9.17) is 9.72 Å². The summed E-state index contributed by atoms with van der Waals surface area (Å²) < 4.78 is 5.29. The summed E-state index contributed by atoms with van der Waals surface area (Å²) in [6.07, 6.45) is 3.43. The van der Waals surface area contributed by atoms with Gasteiger partial charge >= 0.3 is 0 Å². The second kappa shape index (κ2) is 9.81. The number of ether oxygens (including phenoxy) is 1. The Balaban J connectivity index is 1.36. The maximum Gasteiger partial charge on any atom is 0.223 e. The Morgan fingerprint density at radius 2 is 1.91 bits per heavy atom. The number of hydrogen-bond acceptors (Lipinski definition) is 5. The normalized spacial score (nSPS) is 15.3. The topological polar surface area (TPSA) is 67.3 Å². The van der Waals surface area contributed by atoms with Crippen molar-refractivity contribution in [3.05, 3.63) is 71.9 Å². The van der Waals surface area contributed by atoms with Crippen molar-refractivity contribution < 1.29 is 9.53 Å². The zero-order valence-electron chi connectivity index (χ0n) is 18.9. The number of carbonyl (C=O) groups excluding carboxylic acids is 1. The van der Waals surface area contributed by atoms with E-state index in [2.05, 4.69) is 34.3 Å². The molecule has 1 saturated heterocycles. The van der Waals surface area contributed by atoms with Crippen LogP contribution in [0, 0.1) is 12.8 Å². The lowest BCUT2D eigenvalue weighted by Crippen LogP contribution is -2.41. The van der Waals surface area contributed by atoms with Crippen LogP contribution in [0.3, 0.4) is 0 Å². The van der Waals surface area contributed by atoms with Crippen LogP contribution in [0.15, 0.2) is 60.8 Å². The Kier molecular flexibility index (Phi) is 6.69. The summed E-state index contributed by atoms with van der Waals surface area (Å²) in [5.41, 5.74) is 3.25. The molecule has 6 nitrogen and oxygen atoms in total. The van der Waals surface area contributed by atoms with Gasteiger partial charge in [0, 0.05) is 30.8 Å². The molecule has 1 atom stereocenters. The van der Waals surface area contributed by atoms with Crippen LogP contribution in [0.25, 0.3) is 11.4 Å². The van der Waals surface area contributed by atoms with E-state index in [1.165, 1.54) is 5.56 Å². The van der Waals surface area contributed by atoms with Crippen LogP contribution < -0.4 is 15.0 Å². The highest BCUT2D eigenvalue weighted by atomic mass is 16.5. The van der Waals surface area contributed by atoms with E-state index in [1.54, 1.807) is 7.11 Å². The molecule has 32 heavy (non-hydrogen) atoms. The van der Waals surface area contributed by atoms with Crippen molar-refractivity contribution in [3.8, 4) is 17.1 Å². The molecule has 3 aromatic rings. The van der Waals surface area contributed by atoms with Crippen molar-refractivity contribution in [2.45, 2.75) is 32.7 Å². The third-order valence-electron chi connectivity index (χ3n) is 6.06. The molecule has 1 N–H and O–H groups in total. The number of methoxy groups -OCH3 is 1. The van der Waals surface area contributed by atoms with Gasteiger partial charge in [-0.05, 0) is 56.5 Å². The number of anilines is 1. The fourth-order valence-corrected chi connectivity index (χ4v) is 4.14. The second-order valence-corrected chi connectivity index (χ2v) is 8.38. The van der Waals surface area contributed by atoms with Gasteiger partial charge in [-0.15, -0.1) is 0 Å². The van der Waals surface area contributed by atoms with Gasteiger partial charge < -0.3 is 15.0 Å². The molecule has 0 aliphatic carbocycles. The first-order chi connectivity index (χ1) is 15.5. The predicted molar refractivity (Wildman–Crippen MR) is 127 cm³/mol. The van der Waals surface area contributed by atoms with Crippen LogP contribution in [0.4, 0.5) is 5.82 Å². The first kappa shape index (κ1) is 21.8. The molecule has 1 aliphatic heterocycles. The number of carbonyl (C=O) groups is 1. The number of rotatable bonds is 6. The minimum atomic E-state index is -0.0608. The number of piperidine rings is 1. The maximum atomic E-state index is 12.9. The summed E-state index contributed by atoms with van der Waals surface area (Å²) in [4.78, 5) is 24.3. The van der Waals surface area contributed by atoms with Crippen molar-refractivity contribution in [1.82, 2.24) is 15.3 Å². The van der Waals surface area contributed by atoms with Gasteiger partial charge in [-0.25, -0.2) is 9.97 Å². The van der Waals surface area contributed by atoms with Crippen LogP contribution in [-0.4, -0.2) is 36.1 Å². The van der Waals surface area contributed by atoms with Gasteiger partial charge in [0.05, 0.1) is 13.2 Å². The molecule has 0 radical (unpaired) electrons. The Morgan fingerprint density at radius 1 is 1.12 bits per heavy atom. The third kappa shape index (κ3) is 5.07. The fraction of sp³-hybridized carbons (Fsp3) is 0.346. The van der Waals surface area contributed by atoms with Crippen molar-refractivity contribution in [2.24, 2.45) is 5.92 Å². The van der Waals surface area contributed by atoms with Gasteiger partial charge in [-0.3, -0.25) is 4.79 Å². The third-order valence-corrected chi connectivity index (χ3v) is 6.06. The minimum absolute atomic E-state index is 0.0115. The van der Waals surface area contributed by atoms with E-state index in [0.29, 0.717) is 0 Å². The van der Waals surface area contributed by atoms with Gasteiger partial charge in [0.25, 0.3) is 0 Å². The Bertz CT molecular complexity index is 1080. The van der Waals surface area contributed by atoms with Crippen LogP contribution in [0.5, 0.6) is 5.75 Å². The second-order valence-electron chi connectivity index (χ2n) is 8.38. The Hall–Kier alpha value is -3.41. The molecule has 2 heterocycles. The van der Waals surface area contributed by atoms with Gasteiger partial charge in [0.2, 0.25) is 5.91 Å². The fourth-order valence-electron chi connectivity index (χ4n) is 4.14. The molecular formula is C26H30N4O2. The Labute approximate surface area is 189 Å². The van der Waals surface area contributed by atoms with Crippen molar-refractivity contribution in [3.63, 3.8) is 0 Å². The number of amides is 1. The SMILES string of the molecule is COc1cccc([C@H](C)NC(=O)C2CCN(c3ccnc(-c4cccc(C)c4)n3)CC2)c1. The highest BCUT2D eigenvalue weighted by Crippen LogP contribution is 2.25.